The van der Waals surface area contributed by atoms with Crippen molar-refractivity contribution in [1.82, 2.24) is 5.32 Å². The molecule has 0 aliphatic heterocycles. The van der Waals surface area contributed by atoms with Crippen molar-refractivity contribution in [3.63, 3.8) is 0 Å². The summed E-state index contributed by atoms with van der Waals surface area (Å²) in [5.41, 5.74) is 0. The zero-order valence-corrected chi connectivity index (χ0v) is 9.10. The molecule has 0 aromatic carbocycles. The van der Waals surface area contributed by atoms with Gasteiger partial charge in [-0.2, -0.15) is 0 Å². The largest absolute Gasteiger partial charge is 0.304 e. The summed E-state index contributed by atoms with van der Waals surface area (Å²) in [5.74, 6) is 0. The molecule has 1 rings (SSSR count). The third kappa shape index (κ3) is 3.56. The summed E-state index contributed by atoms with van der Waals surface area (Å²) in [4.78, 5) is 1.38. The van der Waals surface area contributed by atoms with Crippen molar-refractivity contribution in [1.29, 1.82) is 0 Å². The molecule has 0 saturated heterocycles. The zero-order valence-electron chi connectivity index (χ0n) is 5.94. The number of alkyl halides is 1. The molecule has 0 atom stereocenters. The van der Waals surface area contributed by atoms with E-state index in [2.05, 4.69) is 32.7 Å². The van der Waals surface area contributed by atoms with Gasteiger partial charge in [-0.15, -0.1) is 22.9 Å². The molecule has 0 bridgehead atoms. The van der Waals surface area contributed by atoms with Gasteiger partial charge >= 0.3 is 0 Å². The van der Waals surface area contributed by atoms with Gasteiger partial charge in [-0.25, -0.2) is 0 Å². The molecule has 62 valence electrons. The van der Waals surface area contributed by atoms with E-state index in [9.17, 15) is 0 Å². The Morgan fingerprint density at radius 3 is 3.00 bits per heavy atom. The lowest BCUT2D eigenvalue weighted by Gasteiger charge is -1.96. The van der Waals surface area contributed by atoms with Crippen LogP contribution in [0.3, 0.4) is 0 Å². The van der Waals surface area contributed by atoms with E-state index < -0.39 is 0 Å². The summed E-state index contributed by atoms with van der Waals surface area (Å²) in [6.45, 7) is 0.955. The van der Waals surface area contributed by atoms with Gasteiger partial charge < -0.3 is 5.32 Å². The molecule has 0 saturated carbocycles. The van der Waals surface area contributed by atoms with Gasteiger partial charge in [0.25, 0.3) is 0 Å². The van der Waals surface area contributed by atoms with Gasteiger partial charge in [0, 0.05) is 21.3 Å². The van der Waals surface area contributed by atoms with Crippen LogP contribution in [-0.2, 0) is 6.42 Å². The van der Waals surface area contributed by atoms with Crippen LogP contribution in [0.25, 0.3) is 0 Å². The molecule has 4 heteroatoms. The van der Waals surface area contributed by atoms with Gasteiger partial charge in [0.15, 0.2) is 0 Å². The van der Waals surface area contributed by atoms with Gasteiger partial charge in [0.1, 0.15) is 0 Å². The van der Waals surface area contributed by atoms with E-state index in [1.807, 2.05) is 0 Å². The van der Waals surface area contributed by atoms with Crippen molar-refractivity contribution in [3.8, 4) is 0 Å². The molecule has 1 nitrogen and oxygen atoms in total. The first-order valence-electron chi connectivity index (χ1n) is 3.32. The van der Waals surface area contributed by atoms with Gasteiger partial charge in [-0.1, -0.05) is 0 Å². The number of halogens is 2. The highest BCUT2D eigenvalue weighted by Gasteiger charge is 1.95. The summed E-state index contributed by atoms with van der Waals surface area (Å²) in [5, 5.41) is 5.16. The van der Waals surface area contributed by atoms with E-state index in [0.717, 1.165) is 13.0 Å². The maximum absolute atomic E-state index is 5.46. The quantitative estimate of drug-likeness (QED) is 0.495. The summed E-state index contributed by atoms with van der Waals surface area (Å²) in [7, 11) is 0. The van der Waals surface area contributed by atoms with E-state index in [4.69, 9.17) is 11.6 Å². The molecule has 11 heavy (non-hydrogen) atoms. The topological polar surface area (TPSA) is 12.0 Å². The number of hydrogen-bond acceptors (Lipinski definition) is 2. The molecule has 0 spiro atoms. The lowest BCUT2D eigenvalue weighted by atomic mass is 10.3. The van der Waals surface area contributed by atoms with Crippen molar-refractivity contribution in [3.05, 3.63) is 20.8 Å². The van der Waals surface area contributed by atoms with Crippen LogP contribution in [-0.4, -0.2) is 12.5 Å². The van der Waals surface area contributed by atoms with E-state index in [0.29, 0.717) is 6.00 Å². The second-order valence-electron chi connectivity index (χ2n) is 2.11. The van der Waals surface area contributed by atoms with Crippen LogP contribution < -0.4 is 5.32 Å². The molecular weight excluding hydrogens is 246 g/mol. The van der Waals surface area contributed by atoms with Crippen molar-refractivity contribution >= 4 is 38.9 Å². The molecule has 1 aromatic heterocycles. The Balaban J connectivity index is 2.27. The van der Waals surface area contributed by atoms with E-state index in [-0.39, 0.29) is 0 Å². The lowest BCUT2D eigenvalue weighted by molar-refractivity contribution is 0.777. The fraction of sp³-hybridized carbons (Fsp3) is 0.429. The fourth-order valence-electron chi connectivity index (χ4n) is 0.763. The predicted octanol–water partition coefficient (Wildman–Crippen LogP) is 2.84. The minimum Gasteiger partial charge on any atom is -0.304 e. The predicted molar refractivity (Wildman–Crippen MR) is 54.4 cm³/mol. The summed E-state index contributed by atoms with van der Waals surface area (Å²) in [6.07, 6.45) is 1.06. The smallest absolute Gasteiger partial charge is 0.0713 e. The van der Waals surface area contributed by atoms with Crippen LogP contribution in [0.4, 0.5) is 0 Å². The van der Waals surface area contributed by atoms with E-state index in [1.54, 1.807) is 11.3 Å². The number of nitrogens with one attached hydrogen (secondary N) is 1. The average molecular weight is 255 g/mol. The number of hydrogen-bond donors (Lipinski definition) is 1. The fourth-order valence-corrected chi connectivity index (χ4v) is 2.35. The summed E-state index contributed by atoms with van der Waals surface area (Å²) < 4.78 is 1.17. The molecule has 0 amide bonds. The third-order valence-corrected chi connectivity index (χ3v) is 3.21. The number of rotatable bonds is 4. The highest BCUT2D eigenvalue weighted by atomic mass is 79.9. The van der Waals surface area contributed by atoms with Gasteiger partial charge in [0.05, 0.1) is 6.00 Å². The van der Waals surface area contributed by atoms with E-state index in [1.165, 1.54) is 9.35 Å². The second kappa shape index (κ2) is 5.14. The van der Waals surface area contributed by atoms with Crippen molar-refractivity contribution in [2.75, 3.05) is 12.5 Å². The van der Waals surface area contributed by atoms with Crippen molar-refractivity contribution < 1.29 is 0 Å². The normalized spacial score (nSPS) is 10.4. The van der Waals surface area contributed by atoms with Crippen molar-refractivity contribution in [2.24, 2.45) is 0 Å². The van der Waals surface area contributed by atoms with Crippen LogP contribution in [0.5, 0.6) is 0 Å². The first kappa shape index (κ1) is 9.52. The third-order valence-electron chi connectivity index (χ3n) is 1.26. The summed E-state index contributed by atoms with van der Waals surface area (Å²) in [6, 6.07) is 2.67. The maximum Gasteiger partial charge on any atom is 0.0713 e. The highest BCUT2D eigenvalue weighted by Crippen LogP contribution is 2.19. The standard InChI is InChI=1S/C7H9BrClNS/c8-6-3-7(11-4-6)1-2-10-5-9/h3-4,10H,1-2,5H2. The van der Waals surface area contributed by atoms with Crippen LogP contribution in [0, 0.1) is 0 Å². The van der Waals surface area contributed by atoms with Crippen LogP contribution in [0.15, 0.2) is 15.9 Å². The Morgan fingerprint density at radius 1 is 1.64 bits per heavy atom. The Labute approximate surface area is 83.9 Å². The van der Waals surface area contributed by atoms with Crippen LogP contribution >= 0.6 is 38.9 Å². The second-order valence-corrected chi connectivity index (χ2v) is 4.29. The minimum atomic E-state index is 0.534. The first-order valence-corrected chi connectivity index (χ1v) is 5.53. The Hall–Kier alpha value is 0.430. The van der Waals surface area contributed by atoms with Crippen molar-refractivity contribution in [2.45, 2.75) is 6.42 Å². The Bertz CT molecular complexity index is 214. The SMILES string of the molecule is ClCNCCc1cc(Br)cs1. The molecule has 0 radical (unpaired) electrons. The Morgan fingerprint density at radius 2 is 2.45 bits per heavy atom. The zero-order chi connectivity index (χ0) is 8.10. The maximum atomic E-state index is 5.46. The number of thiophene rings is 1. The molecule has 1 N–H and O–H groups in total. The lowest BCUT2D eigenvalue weighted by Crippen LogP contribution is -2.14. The van der Waals surface area contributed by atoms with Gasteiger partial charge in [-0.3, -0.25) is 0 Å². The summed E-state index contributed by atoms with van der Waals surface area (Å²) >= 11 is 10.6. The molecule has 0 aliphatic carbocycles. The minimum absolute atomic E-state index is 0.534. The molecular formula is C7H9BrClNS. The highest BCUT2D eigenvalue weighted by molar-refractivity contribution is 9.10. The van der Waals surface area contributed by atoms with E-state index >= 15 is 0 Å². The molecule has 1 heterocycles. The average Bonchev–Trinajstić information content (AvgIpc) is 2.37. The van der Waals surface area contributed by atoms with Crippen LogP contribution in [0.1, 0.15) is 4.88 Å². The molecule has 0 aliphatic rings. The molecule has 0 unspecified atom stereocenters. The molecule has 0 fully saturated rings. The Kier molecular flexibility index (Phi) is 4.45. The van der Waals surface area contributed by atoms with Gasteiger partial charge in [-0.05, 0) is 28.4 Å². The van der Waals surface area contributed by atoms with Crippen LogP contribution in [0.2, 0.25) is 0 Å². The first-order chi connectivity index (χ1) is 5.33. The molecule has 1 aromatic rings. The van der Waals surface area contributed by atoms with Gasteiger partial charge in [0.2, 0.25) is 0 Å². The monoisotopic (exact) mass is 253 g/mol.